The van der Waals surface area contributed by atoms with E-state index in [0.717, 1.165) is 13.1 Å². The minimum atomic E-state index is 0.630. The Balaban J connectivity index is 4.11. The summed E-state index contributed by atoms with van der Waals surface area (Å²) in [5, 5.41) is 0. The zero-order valence-electron chi connectivity index (χ0n) is 11.0. The number of hydrogen-bond donors (Lipinski definition) is 1. The van der Waals surface area contributed by atoms with Gasteiger partial charge in [0, 0.05) is 18.3 Å². The predicted octanol–water partition coefficient (Wildman–Crippen LogP) is 2.29. The molecule has 0 spiro atoms. The summed E-state index contributed by atoms with van der Waals surface area (Å²) < 4.78 is 0. The third kappa shape index (κ3) is 5.79. The number of nitrogens with two attached hydrogens (primary N) is 1. The van der Waals surface area contributed by atoms with E-state index in [1.807, 2.05) is 11.8 Å². The molecular formula is C12H28N2S. The minimum absolute atomic E-state index is 0.630. The van der Waals surface area contributed by atoms with Gasteiger partial charge in [0.2, 0.25) is 0 Å². The van der Waals surface area contributed by atoms with Gasteiger partial charge in [0.1, 0.15) is 0 Å². The van der Waals surface area contributed by atoms with Crippen LogP contribution in [-0.2, 0) is 0 Å². The van der Waals surface area contributed by atoms with Crippen LogP contribution in [0.2, 0.25) is 0 Å². The molecule has 0 rings (SSSR count). The maximum Gasteiger partial charge on any atom is 0.0180 e. The molecule has 0 aliphatic heterocycles. The Labute approximate surface area is 100.0 Å². The Morgan fingerprint density at radius 1 is 1.33 bits per heavy atom. The van der Waals surface area contributed by atoms with Crippen molar-refractivity contribution in [3.8, 4) is 0 Å². The van der Waals surface area contributed by atoms with Gasteiger partial charge in [-0.05, 0) is 38.1 Å². The van der Waals surface area contributed by atoms with E-state index in [4.69, 9.17) is 5.73 Å². The quantitative estimate of drug-likeness (QED) is 0.696. The summed E-state index contributed by atoms with van der Waals surface area (Å²) in [4.78, 5) is 2.48. The molecule has 0 amide bonds. The summed E-state index contributed by atoms with van der Waals surface area (Å²) in [5.41, 5.74) is 5.81. The van der Waals surface area contributed by atoms with Crippen molar-refractivity contribution in [3.63, 3.8) is 0 Å². The summed E-state index contributed by atoms with van der Waals surface area (Å²) in [7, 11) is 2.23. The lowest BCUT2D eigenvalue weighted by atomic mass is 9.95. The van der Waals surface area contributed by atoms with Crippen LogP contribution in [0.25, 0.3) is 0 Å². The van der Waals surface area contributed by atoms with Gasteiger partial charge in [0.05, 0.1) is 0 Å². The van der Waals surface area contributed by atoms with Gasteiger partial charge in [0.15, 0.2) is 0 Å². The molecule has 0 bridgehead atoms. The van der Waals surface area contributed by atoms with Gasteiger partial charge in [-0.3, -0.25) is 0 Å². The molecular weight excluding hydrogens is 204 g/mol. The SMILES string of the molecule is CCC(CSC)N(C)CC(CN)C(C)C. The lowest BCUT2D eigenvalue weighted by Crippen LogP contribution is -2.40. The highest BCUT2D eigenvalue weighted by Crippen LogP contribution is 2.15. The largest absolute Gasteiger partial charge is 0.330 e. The lowest BCUT2D eigenvalue weighted by Gasteiger charge is -2.31. The Morgan fingerprint density at radius 2 is 1.93 bits per heavy atom. The van der Waals surface area contributed by atoms with E-state index in [9.17, 15) is 0 Å². The molecule has 0 fully saturated rings. The Kier molecular flexibility index (Phi) is 8.58. The molecule has 0 saturated carbocycles. The summed E-state index contributed by atoms with van der Waals surface area (Å²) >= 11 is 1.93. The Morgan fingerprint density at radius 3 is 2.27 bits per heavy atom. The molecule has 2 nitrogen and oxygen atoms in total. The van der Waals surface area contributed by atoms with Crippen molar-refractivity contribution in [2.24, 2.45) is 17.6 Å². The maximum atomic E-state index is 5.81. The van der Waals surface area contributed by atoms with Crippen LogP contribution in [0.15, 0.2) is 0 Å². The zero-order chi connectivity index (χ0) is 11.8. The Hall–Kier alpha value is 0.270. The molecule has 2 atom stereocenters. The third-order valence-electron chi connectivity index (χ3n) is 3.22. The highest BCUT2D eigenvalue weighted by atomic mass is 32.2. The molecule has 2 N–H and O–H groups in total. The Bertz CT molecular complexity index is 151. The average molecular weight is 232 g/mol. The zero-order valence-corrected chi connectivity index (χ0v) is 11.8. The molecule has 0 aromatic heterocycles. The number of rotatable bonds is 8. The van der Waals surface area contributed by atoms with Crippen LogP contribution in [0.4, 0.5) is 0 Å². The molecule has 0 aromatic rings. The van der Waals surface area contributed by atoms with Gasteiger partial charge in [-0.15, -0.1) is 0 Å². The molecule has 15 heavy (non-hydrogen) atoms. The molecule has 92 valence electrons. The van der Waals surface area contributed by atoms with E-state index in [0.29, 0.717) is 17.9 Å². The molecule has 2 unspecified atom stereocenters. The van der Waals surface area contributed by atoms with Crippen LogP contribution >= 0.6 is 11.8 Å². The first kappa shape index (κ1) is 15.3. The molecule has 0 saturated heterocycles. The standard InChI is InChI=1S/C12H28N2S/c1-6-12(9-15-5)14(4)8-11(7-13)10(2)3/h10-12H,6-9,13H2,1-5H3. The van der Waals surface area contributed by atoms with Gasteiger partial charge in [-0.1, -0.05) is 20.8 Å². The van der Waals surface area contributed by atoms with Crippen molar-refractivity contribution < 1.29 is 0 Å². The smallest absolute Gasteiger partial charge is 0.0180 e. The van der Waals surface area contributed by atoms with E-state index in [1.165, 1.54) is 12.2 Å². The van der Waals surface area contributed by atoms with Crippen molar-refractivity contribution in [1.29, 1.82) is 0 Å². The van der Waals surface area contributed by atoms with Crippen LogP contribution in [0, 0.1) is 11.8 Å². The van der Waals surface area contributed by atoms with E-state index < -0.39 is 0 Å². The second-order valence-corrected chi connectivity index (χ2v) is 5.61. The van der Waals surface area contributed by atoms with Crippen molar-refractivity contribution in [2.45, 2.75) is 33.2 Å². The predicted molar refractivity (Wildman–Crippen MR) is 72.5 cm³/mol. The van der Waals surface area contributed by atoms with Crippen molar-refractivity contribution in [1.82, 2.24) is 4.90 Å². The van der Waals surface area contributed by atoms with Gasteiger partial charge in [-0.2, -0.15) is 11.8 Å². The van der Waals surface area contributed by atoms with Gasteiger partial charge in [-0.25, -0.2) is 0 Å². The second kappa shape index (κ2) is 8.43. The molecule has 3 heteroatoms. The second-order valence-electron chi connectivity index (χ2n) is 4.70. The number of nitrogens with zero attached hydrogens (tertiary/aromatic N) is 1. The van der Waals surface area contributed by atoms with Crippen LogP contribution in [0.3, 0.4) is 0 Å². The van der Waals surface area contributed by atoms with E-state index in [2.05, 4.69) is 39.0 Å². The fourth-order valence-corrected chi connectivity index (χ4v) is 2.70. The topological polar surface area (TPSA) is 29.3 Å². The molecule has 0 aliphatic rings. The third-order valence-corrected chi connectivity index (χ3v) is 3.94. The highest BCUT2D eigenvalue weighted by Gasteiger charge is 2.18. The minimum Gasteiger partial charge on any atom is -0.330 e. The lowest BCUT2D eigenvalue weighted by molar-refractivity contribution is 0.194. The van der Waals surface area contributed by atoms with E-state index in [1.54, 1.807) is 0 Å². The van der Waals surface area contributed by atoms with E-state index in [-0.39, 0.29) is 0 Å². The van der Waals surface area contributed by atoms with Crippen LogP contribution in [-0.4, -0.2) is 43.1 Å². The summed E-state index contributed by atoms with van der Waals surface area (Å²) in [6.45, 7) is 8.73. The molecule has 0 aliphatic carbocycles. The molecule has 0 aromatic carbocycles. The van der Waals surface area contributed by atoms with Crippen molar-refractivity contribution in [3.05, 3.63) is 0 Å². The maximum absolute atomic E-state index is 5.81. The van der Waals surface area contributed by atoms with Crippen molar-refractivity contribution in [2.75, 3.05) is 32.1 Å². The normalized spacial score (nSPS) is 16.0. The average Bonchev–Trinajstić information content (AvgIpc) is 2.21. The van der Waals surface area contributed by atoms with E-state index >= 15 is 0 Å². The fourth-order valence-electron chi connectivity index (χ4n) is 1.83. The van der Waals surface area contributed by atoms with Crippen molar-refractivity contribution >= 4 is 11.8 Å². The monoisotopic (exact) mass is 232 g/mol. The molecule has 0 heterocycles. The van der Waals surface area contributed by atoms with Gasteiger partial charge < -0.3 is 10.6 Å². The van der Waals surface area contributed by atoms with Crippen LogP contribution in [0.5, 0.6) is 0 Å². The first-order valence-electron chi connectivity index (χ1n) is 5.95. The summed E-state index contributed by atoms with van der Waals surface area (Å²) in [5.74, 6) is 2.54. The number of hydrogen-bond acceptors (Lipinski definition) is 3. The molecule has 0 radical (unpaired) electrons. The number of thioether (sulfide) groups is 1. The fraction of sp³-hybridized carbons (Fsp3) is 1.00. The van der Waals surface area contributed by atoms with Crippen LogP contribution in [0.1, 0.15) is 27.2 Å². The van der Waals surface area contributed by atoms with Gasteiger partial charge in [0.25, 0.3) is 0 Å². The van der Waals surface area contributed by atoms with Crippen LogP contribution < -0.4 is 5.73 Å². The first-order chi connectivity index (χ1) is 7.06. The summed E-state index contributed by atoms with van der Waals surface area (Å²) in [6.07, 6.45) is 3.41. The van der Waals surface area contributed by atoms with Gasteiger partial charge >= 0.3 is 0 Å². The first-order valence-corrected chi connectivity index (χ1v) is 7.35. The highest BCUT2D eigenvalue weighted by molar-refractivity contribution is 7.98. The summed E-state index contributed by atoms with van der Waals surface area (Å²) in [6, 6.07) is 0.702.